The van der Waals surface area contributed by atoms with Gasteiger partial charge in [-0.05, 0) is 37.8 Å². The van der Waals surface area contributed by atoms with Gasteiger partial charge in [-0.1, -0.05) is 0 Å². The standard InChI is InChI=1S/C13H16N4O2S2/c1-14-12-7-6-9(8-15-12)21(18,19)17-13-16-10-4-2-3-5-11(10)20-13/h6-8H,2-5H2,1H3,(H,14,15)(H,16,17). The molecule has 0 aliphatic heterocycles. The van der Waals surface area contributed by atoms with Crippen molar-refractivity contribution in [3.05, 3.63) is 28.9 Å². The molecule has 3 rings (SSSR count). The summed E-state index contributed by atoms with van der Waals surface area (Å²) in [6.07, 6.45) is 5.54. The van der Waals surface area contributed by atoms with Crippen molar-refractivity contribution in [3.8, 4) is 0 Å². The van der Waals surface area contributed by atoms with E-state index in [4.69, 9.17) is 0 Å². The van der Waals surface area contributed by atoms with Crippen molar-refractivity contribution in [2.75, 3.05) is 17.1 Å². The minimum atomic E-state index is -3.63. The van der Waals surface area contributed by atoms with Crippen molar-refractivity contribution in [2.45, 2.75) is 30.6 Å². The number of fused-ring (bicyclic) bond motifs is 1. The Labute approximate surface area is 127 Å². The van der Waals surface area contributed by atoms with Gasteiger partial charge in [0.1, 0.15) is 10.7 Å². The van der Waals surface area contributed by atoms with Crippen molar-refractivity contribution >= 4 is 32.3 Å². The van der Waals surface area contributed by atoms with Gasteiger partial charge in [-0.25, -0.2) is 18.4 Å². The van der Waals surface area contributed by atoms with E-state index in [0.717, 1.165) is 31.4 Å². The Bertz CT molecular complexity index is 715. The van der Waals surface area contributed by atoms with Crippen LogP contribution in [-0.2, 0) is 22.9 Å². The van der Waals surface area contributed by atoms with Crippen molar-refractivity contribution in [3.63, 3.8) is 0 Å². The summed E-state index contributed by atoms with van der Waals surface area (Å²) in [5, 5.41) is 3.30. The molecule has 0 bridgehead atoms. The van der Waals surface area contributed by atoms with Crippen LogP contribution in [0, 0.1) is 0 Å². The van der Waals surface area contributed by atoms with Gasteiger partial charge >= 0.3 is 0 Å². The van der Waals surface area contributed by atoms with E-state index < -0.39 is 10.0 Å². The number of hydrogen-bond acceptors (Lipinski definition) is 6. The quantitative estimate of drug-likeness (QED) is 0.901. The maximum atomic E-state index is 12.3. The molecule has 0 unspecified atom stereocenters. The summed E-state index contributed by atoms with van der Waals surface area (Å²) < 4.78 is 27.2. The van der Waals surface area contributed by atoms with Crippen LogP contribution in [0.1, 0.15) is 23.4 Å². The van der Waals surface area contributed by atoms with Gasteiger partial charge in [-0.3, -0.25) is 4.72 Å². The number of sulfonamides is 1. The minimum Gasteiger partial charge on any atom is -0.373 e. The molecule has 2 aromatic heterocycles. The Balaban J connectivity index is 1.83. The van der Waals surface area contributed by atoms with Crippen LogP contribution in [0.15, 0.2) is 23.2 Å². The zero-order chi connectivity index (χ0) is 14.9. The number of aromatic nitrogens is 2. The maximum Gasteiger partial charge on any atom is 0.265 e. The number of aryl methyl sites for hydroxylation is 2. The fourth-order valence-electron chi connectivity index (χ4n) is 2.26. The van der Waals surface area contributed by atoms with E-state index in [1.807, 2.05) is 0 Å². The third-order valence-corrected chi connectivity index (χ3v) is 5.90. The number of nitrogens with zero attached hydrogens (tertiary/aromatic N) is 2. The van der Waals surface area contributed by atoms with Gasteiger partial charge in [-0.2, -0.15) is 0 Å². The smallest absolute Gasteiger partial charge is 0.265 e. The van der Waals surface area contributed by atoms with Crippen LogP contribution >= 0.6 is 11.3 Å². The van der Waals surface area contributed by atoms with Crippen LogP contribution in [0.3, 0.4) is 0 Å². The summed E-state index contributed by atoms with van der Waals surface area (Å²) in [5.41, 5.74) is 1.03. The Morgan fingerprint density at radius 3 is 2.71 bits per heavy atom. The van der Waals surface area contributed by atoms with Gasteiger partial charge in [0.25, 0.3) is 10.0 Å². The van der Waals surface area contributed by atoms with Crippen LogP contribution in [-0.4, -0.2) is 25.4 Å². The predicted octanol–water partition coefficient (Wildman–Crippen LogP) is 2.26. The van der Waals surface area contributed by atoms with E-state index in [2.05, 4.69) is 20.0 Å². The molecule has 2 aromatic rings. The molecule has 0 aromatic carbocycles. The van der Waals surface area contributed by atoms with E-state index in [9.17, 15) is 8.42 Å². The first-order valence-electron chi connectivity index (χ1n) is 6.74. The molecule has 0 fully saturated rings. The Hall–Kier alpha value is -1.67. The Morgan fingerprint density at radius 1 is 1.24 bits per heavy atom. The lowest BCUT2D eigenvalue weighted by Gasteiger charge is -2.06. The molecule has 0 saturated heterocycles. The third kappa shape index (κ3) is 3.01. The molecule has 2 heterocycles. The first-order chi connectivity index (χ1) is 10.1. The lowest BCUT2D eigenvalue weighted by atomic mass is 10.0. The summed E-state index contributed by atoms with van der Waals surface area (Å²) in [6.45, 7) is 0. The van der Waals surface area contributed by atoms with E-state index >= 15 is 0 Å². The van der Waals surface area contributed by atoms with Crippen molar-refractivity contribution in [2.24, 2.45) is 0 Å². The number of anilines is 2. The largest absolute Gasteiger partial charge is 0.373 e. The summed E-state index contributed by atoms with van der Waals surface area (Å²) in [7, 11) is -1.90. The van der Waals surface area contributed by atoms with Crippen molar-refractivity contribution in [1.29, 1.82) is 0 Å². The minimum absolute atomic E-state index is 0.134. The van der Waals surface area contributed by atoms with Crippen LogP contribution in [0.25, 0.3) is 0 Å². The highest BCUT2D eigenvalue weighted by Crippen LogP contribution is 2.30. The molecule has 0 radical (unpaired) electrons. The summed E-state index contributed by atoms with van der Waals surface area (Å²) >= 11 is 1.43. The number of pyridine rings is 1. The molecule has 1 aliphatic rings. The SMILES string of the molecule is CNc1ccc(S(=O)(=O)Nc2nc3c(s2)CCCC3)cn1. The van der Waals surface area contributed by atoms with E-state index in [1.54, 1.807) is 13.1 Å². The van der Waals surface area contributed by atoms with Gasteiger partial charge in [0.2, 0.25) is 0 Å². The van der Waals surface area contributed by atoms with E-state index in [1.165, 1.54) is 28.5 Å². The lowest BCUT2D eigenvalue weighted by Crippen LogP contribution is -2.13. The van der Waals surface area contributed by atoms with Crippen LogP contribution in [0.2, 0.25) is 0 Å². The zero-order valence-corrected chi connectivity index (χ0v) is 13.2. The maximum absolute atomic E-state index is 12.3. The second-order valence-electron chi connectivity index (χ2n) is 4.83. The summed E-state index contributed by atoms with van der Waals surface area (Å²) in [5.74, 6) is 0.624. The molecule has 0 atom stereocenters. The highest BCUT2D eigenvalue weighted by atomic mass is 32.2. The second-order valence-corrected chi connectivity index (χ2v) is 7.60. The van der Waals surface area contributed by atoms with Crippen LogP contribution in [0.4, 0.5) is 10.9 Å². The topological polar surface area (TPSA) is 84.0 Å². The van der Waals surface area contributed by atoms with Crippen LogP contribution in [0.5, 0.6) is 0 Å². The molecule has 1 aliphatic carbocycles. The summed E-state index contributed by atoms with van der Waals surface area (Å²) in [4.78, 5) is 9.74. The lowest BCUT2D eigenvalue weighted by molar-refractivity contribution is 0.601. The number of hydrogen-bond donors (Lipinski definition) is 2. The molecule has 0 saturated carbocycles. The third-order valence-electron chi connectivity index (χ3n) is 3.37. The fourth-order valence-corrected chi connectivity index (χ4v) is 4.49. The van der Waals surface area contributed by atoms with Gasteiger partial charge in [0.15, 0.2) is 5.13 Å². The van der Waals surface area contributed by atoms with Gasteiger partial charge in [0, 0.05) is 18.1 Å². The summed E-state index contributed by atoms with van der Waals surface area (Å²) in [6, 6.07) is 3.15. The normalized spacial score (nSPS) is 14.5. The zero-order valence-electron chi connectivity index (χ0n) is 11.6. The fraction of sp³-hybridized carbons (Fsp3) is 0.385. The number of thiazole rings is 1. The average molecular weight is 324 g/mol. The molecule has 112 valence electrons. The van der Waals surface area contributed by atoms with Gasteiger partial charge < -0.3 is 5.32 Å². The molecular weight excluding hydrogens is 308 g/mol. The van der Waals surface area contributed by atoms with E-state index in [-0.39, 0.29) is 4.90 Å². The van der Waals surface area contributed by atoms with Crippen LogP contribution < -0.4 is 10.0 Å². The van der Waals surface area contributed by atoms with Gasteiger partial charge in [-0.15, -0.1) is 11.3 Å². The highest BCUT2D eigenvalue weighted by molar-refractivity contribution is 7.93. The first kappa shape index (κ1) is 14.3. The second kappa shape index (κ2) is 5.61. The molecule has 0 amide bonds. The Morgan fingerprint density at radius 2 is 2.05 bits per heavy atom. The highest BCUT2D eigenvalue weighted by Gasteiger charge is 2.20. The molecule has 21 heavy (non-hydrogen) atoms. The monoisotopic (exact) mass is 324 g/mol. The van der Waals surface area contributed by atoms with Gasteiger partial charge in [0.05, 0.1) is 5.69 Å². The van der Waals surface area contributed by atoms with E-state index in [0.29, 0.717) is 10.9 Å². The Kier molecular flexibility index (Phi) is 3.81. The molecule has 8 heteroatoms. The first-order valence-corrected chi connectivity index (χ1v) is 9.03. The molecule has 6 nitrogen and oxygen atoms in total. The molecule has 2 N–H and O–H groups in total. The molecule has 0 spiro atoms. The predicted molar refractivity (Wildman–Crippen MR) is 83.3 cm³/mol. The van der Waals surface area contributed by atoms with Crippen molar-refractivity contribution < 1.29 is 8.42 Å². The van der Waals surface area contributed by atoms with Crippen molar-refractivity contribution in [1.82, 2.24) is 9.97 Å². The molecular formula is C13H16N4O2S2. The number of rotatable bonds is 4. The number of nitrogens with one attached hydrogen (secondary N) is 2. The average Bonchev–Trinajstić information content (AvgIpc) is 2.88.